The molecule has 0 spiro atoms. The van der Waals surface area contributed by atoms with Gasteiger partial charge in [0.25, 0.3) is 0 Å². The zero-order valence-corrected chi connectivity index (χ0v) is 8.68. The first-order valence-electron chi connectivity index (χ1n) is 5.14. The van der Waals surface area contributed by atoms with E-state index in [4.69, 9.17) is 4.74 Å². The molecule has 2 heteroatoms. The fraction of sp³-hybridized carbons (Fsp3) is 0.818. The molecule has 2 aliphatic rings. The van der Waals surface area contributed by atoms with Crippen molar-refractivity contribution < 1.29 is 4.74 Å². The van der Waals surface area contributed by atoms with Gasteiger partial charge in [-0.15, -0.1) is 0 Å². The maximum Gasteiger partial charge on any atom is 0.0716 e. The number of nitrogens with zero attached hydrogens (tertiary/aromatic N) is 1. The molecule has 2 nitrogen and oxygen atoms in total. The molecule has 0 N–H and O–H groups in total. The van der Waals surface area contributed by atoms with E-state index in [2.05, 4.69) is 18.4 Å². The number of hydrogen-bond donors (Lipinski definition) is 0. The number of fused-ring (bicyclic) bond motifs is 1. The van der Waals surface area contributed by atoms with E-state index in [1.807, 2.05) is 7.11 Å². The average Bonchev–Trinajstić information content (AvgIpc) is 2.57. The average molecular weight is 181 g/mol. The fourth-order valence-corrected chi connectivity index (χ4v) is 2.92. The van der Waals surface area contributed by atoms with Crippen LogP contribution in [-0.2, 0) is 4.74 Å². The number of methoxy groups -OCH3 is 1. The van der Waals surface area contributed by atoms with Crippen molar-refractivity contribution in [3.8, 4) is 0 Å². The molecular weight excluding hydrogens is 162 g/mol. The van der Waals surface area contributed by atoms with Gasteiger partial charge >= 0.3 is 0 Å². The molecule has 0 unspecified atom stereocenters. The van der Waals surface area contributed by atoms with Gasteiger partial charge in [-0.1, -0.05) is 19.1 Å². The molecule has 0 aromatic heterocycles. The van der Waals surface area contributed by atoms with Crippen molar-refractivity contribution in [2.75, 3.05) is 20.2 Å². The van der Waals surface area contributed by atoms with Gasteiger partial charge in [0.2, 0.25) is 0 Å². The Balaban J connectivity index is 2.15. The molecule has 2 aliphatic heterocycles. The summed E-state index contributed by atoms with van der Waals surface area (Å²) in [6.45, 7) is 8.57. The van der Waals surface area contributed by atoms with Crippen LogP contribution >= 0.6 is 0 Å². The molecule has 74 valence electrons. The third-order valence-corrected chi connectivity index (χ3v) is 3.69. The van der Waals surface area contributed by atoms with Crippen molar-refractivity contribution in [2.45, 2.75) is 37.8 Å². The van der Waals surface area contributed by atoms with Crippen molar-refractivity contribution in [1.82, 2.24) is 4.90 Å². The Bertz CT molecular complexity index is 226. The largest absolute Gasteiger partial charge is 0.380 e. The van der Waals surface area contributed by atoms with E-state index < -0.39 is 0 Å². The molecule has 0 aliphatic carbocycles. The van der Waals surface area contributed by atoms with Crippen LogP contribution in [0.4, 0.5) is 0 Å². The lowest BCUT2D eigenvalue weighted by Crippen LogP contribution is -2.37. The molecular formula is C11H19NO. The summed E-state index contributed by atoms with van der Waals surface area (Å²) >= 11 is 0. The first-order chi connectivity index (χ1) is 6.20. The van der Waals surface area contributed by atoms with Crippen molar-refractivity contribution in [3.05, 3.63) is 12.2 Å². The van der Waals surface area contributed by atoms with Crippen molar-refractivity contribution >= 4 is 0 Å². The Kier molecular flexibility index (Phi) is 2.20. The van der Waals surface area contributed by atoms with E-state index in [-0.39, 0.29) is 0 Å². The molecule has 0 radical (unpaired) electrons. The van der Waals surface area contributed by atoms with Gasteiger partial charge in [-0.05, 0) is 19.3 Å². The van der Waals surface area contributed by atoms with Crippen LogP contribution in [0.15, 0.2) is 12.2 Å². The van der Waals surface area contributed by atoms with Crippen LogP contribution in [0.1, 0.15) is 26.2 Å². The van der Waals surface area contributed by atoms with E-state index in [1.165, 1.54) is 24.8 Å². The summed E-state index contributed by atoms with van der Waals surface area (Å²) in [5, 5.41) is 0. The molecule has 0 aromatic carbocycles. The maximum atomic E-state index is 5.44. The van der Waals surface area contributed by atoms with Crippen LogP contribution in [0.5, 0.6) is 0 Å². The van der Waals surface area contributed by atoms with Crippen LogP contribution < -0.4 is 0 Å². The third-order valence-electron chi connectivity index (χ3n) is 3.69. The first-order valence-corrected chi connectivity index (χ1v) is 5.14. The summed E-state index contributed by atoms with van der Waals surface area (Å²) in [6, 6.07) is 0. The van der Waals surface area contributed by atoms with Gasteiger partial charge in [-0.3, -0.25) is 4.90 Å². The van der Waals surface area contributed by atoms with Crippen molar-refractivity contribution in [2.24, 2.45) is 0 Å². The molecule has 2 fully saturated rings. The minimum atomic E-state index is 0.401. The molecule has 0 saturated carbocycles. The van der Waals surface area contributed by atoms with Gasteiger partial charge in [0.1, 0.15) is 0 Å². The second-order valence-corrected chi connectivity index (χ2v) is 4.45. The Morgan fingerprint density at radius 1 is 1.69 bits per heavy atom. The van der Waals surface area contributed by atoms with E-state index in [0.29, 0.717) is 11.6 Å². The van der Waals surface area contributed by atoms with E-state index in [0.717, 1.165) is 13.1 Å². The van der Waals surface area contributed by atoms with Gasteiger partial charge in [0.15, 0.2) is 0 Å². The zero-order valence-electron chi connectivity index (χ0n) is 8.68. The fourth-order valence-electron chi connectivity index (χ4n) is 2.92. The van der Waals surface area contributed by atoms with Crippen molar-refractivity contribution in [1.29, 1.82) is 0 Å². The highest BCUT2D eigenvalue weighted by Crippen LogP contribution is 2.43. The lowest BCUT2D eigenvalue weighted by atomic mass is 9.89. The van der Waals surface area contributed by atoms with Gasteiger partial charge < -0.3 is 4.74 Å². The Morgan fingerprint density at radius 2 is 2.46 bits per heavy atom. The SMILES string of the molecule is C=C1CN2C[C@@H](OC)C[C@@]2(CC)C1. The molecule has 2 rings (SSSR count). The van der Waals surface area contributed by atoms with Gasteiger partial charge in [-0.2, -0.15) is 0 Å². The predicted octanol–water partition coefficient (Wildman–Crippen LogP) is 1.82. The third kappa shape index (κ3) is 1.32. The highest BCUT2D eigenvalue weighted by molar-refractivity contribution is 5.18. The monoisotopic (exact) mass is 181 g/mol. The minimum absolute atomic E-state index is 0.401. The molecule has 0 amide bonds. The zero-order chi connectivity index (χ0) is 9.47. The van der Waals surface area contributed by atoms with Crippen molar-refractivity contribution in [3.63, 3.8) is 0 Å². The van der Waals surface area contributed by atoms with Crippen LogP contribution in [0.25, 0.3) is 0 Å². The lowest BCUT2D eigenvalue weighted by Gasteiger charge is -2.29. The molecule has 0 bridgehead atoms. The highest BCUT2D eigenvalue weighted by atomic mass is 16.5. The second kappa shape index (κ2) is 3.10. The lowest BCUT2D eigenvalue weighted by molar-refractivity contribution is 0.108. The summed E-state index contributed by atoms with van der Waals surface area (Å²) in [4.78, 5) is 2.56. The van der Waals surface area contributed by atoms with Gasteiger partial charge in [0.05, 0.1) is 6.10 Å². The summed E-state index contributed by atoms with van der Waals surface area (Å²) in [7, 11) is 1.82. The van der Waals surface area contributed by atoms with E-state index in [9.17, 15) is 0 Å². The molecule has 2 heterocycles. The molecule has 2 atom stereocenters. The number of ether oxygens (including phenoxy) is 1. The summed E-state index contributed by atoms with van der Waals surface area (Å²) in [5.41, 5.74) is 1.80. The maximum absolute atomic E-state index is 5.44. The number of rotatable bonds is 2. The van der Waals surface area contributed by atoms with Gasteiger partial charge in [-0.25, -0.2) is 0 Å². The summed E-state index contributed by atoms with van der Waals surface area (Å²) in [6.07, 6.45) is 4.06. The second-order valence-electron chi connectivity index (χ2n) is 4.45. The number of hydrogen-bond acceptors (Lipinski definition) is 2. The van der Waals surface area contributed by atoms with E-state index in [1.54, 1.807) is 0 Å². The smallest absolute Gasteiger partial charge is 0.0716 e. The van der Waals surface area contributed by atoms with E-state index >= 15 is 0 Å². The summed E-state index contributed by atoms with van der Waals surface area (Å²) < 4.78 is 5.44. The summed E-state index contributed by atoms with van der Waals surface area (Å²) in [5.74, 6) is 0. The highest BCUT2D eigenvalue weighted by Gasteiger charge is 2.48. The first kappa shape index (κ1) is 9.22. The van der Waals surface area contributed by atoms with Crippen LogP contribution in [0.3, 0.4) is 0 Å². The van der Waals surface area contributed by atoms with Crippen LogP contribution in [0.2, 0.25) is 0 Å². The molecule has 13 heavy (non-hydrogen) atoms. The Hall–Kier alpha value is -0.340. The topological polar surface area (TPSA) is 12.5 Å². The minimum Gasteiger partial charge on any atom is -0.380 e. The Morgan fingerprint density at radius 3 is 3.00 bits per heavy atom. The Labute approximate surface area is 80.6 Å². The quantitative estimate of drug-likeness (QED) is 0.602. The standard InChI is InChI=1S/C11H19NO/c1-4-11-5-9(2)7-12(11)8-10(6-11)13-3/h10H,2,4-8H2,1,3H3/t10-,11+/m0/s1. The van der Waals surface area contributed by atoms with Gasteiger partial charge in [0, 0.05) is 25.7 Å². The van der Waals surface area contributed by atoms with Crippen LogP contribution in [-0.4, -0.2) is 36.7 Å². The molecule has 0 aromatic rings. The predicted molar refractivity (Wildman–Crippen MR) is 53.8 cm³/mol. The van der Waals surface area contributed by atoms with Crippen LogP contribution in [0, 0.1) is 0 Å². The normalized spacial score (nSPS) is 39.8. The molecule has 2 saturated heterocycles.